The summed E-state index contributed by atoms with van der Waals surface area (Å²) < 4.78 is 11.7. The van der Waals surface area contributed by atoms with Crippen molar-refractivity contribution >= 4 is 22.8 Å². The first kappa shape index (κ1) is 21.4. The van der Waals surface area contributed by atoms with E-state index in [0.717, 1.165) is 21.9 Å². The third-order valence-electron chi connectivity index (χ3n) is 5.38. The number of amides is 2. The molecular formula is C26H26N2O4. The highest BCUT2D eigenvalue weighted by molar-refractivity contribution is 5.98. The normalized spacial score (nSPS) is 15.8. The molecule has 3 aromatic rings. The van der Waals surface area contributed by atoms with Gasteiger partial charge in [0.25, 0.3) is 0 Å². The van der Waals surface area contributed by atoms with Crippen LogP contribution in [0.2, 0.25) is 0 Å². The molecule has 1 aliphatic rings. The summed E-state index contributed by atoms with van der Waals surface area (Å²) in [5.74, 6) is 0.150. The summed E-state index contributed by atoms with van der Waals surface area (Å²) in [5.41, 5.74) is 2.60. The van der Waals surface area contributed by atoms with Gasteiger partial charge in [-0.25, -0.2) is 9.59 Å². The highest BCUT2D eigenvalue weighted by atomic mass is 16.5. The summed E-state index contributed by atoms with van der Waals surface area (Å²) in [7, 11) is 0. The summed E-state index contributed by atoms with van der Waals surface area (Å²) >= 11 is 0. The van der Waals surface area contributed by atoms with Gasteiger partial charge in [-0.15, -0.1) is 0 Å². The monoisotopic (exact) mass is 430 g/mol. The van der Waals surface area contributed by atoms with Gasteiger partial charge in [-0.2, -0.15) is 0 Å². The molecule has 6 heteroatoms. The van der Waals surface area contributed by atoms with Crippen LogP contribution in [-0.4, -0.2) is 18.6 Å². The number of ether oxygens (including phenoxy) is 2. The first-order chi connectivity index (χ1) is 15.6. The Labute approximate surface area is 187 Å². The van der Waals surface area contributed by atoms with Gasteiger partial charge in [0.2, 0.25) is 0 Å². The number of carbonyl (C=O) groups excluding carboxylic acids is 2. The Bertz CT molecular complexity index is 1170. The van der Waals surface area contributed by atoms with E-state index in [9.17, 15) is 9.59 Å². The predicted molar refractivity (Wildman–Crippen MR) is 123 cm³/mol. The fourth-order valence-electron chi connectivity index (χ4n) is 3.89. The molecule has 0 bridgehead atoms. The predicted octanol–water partition coefficient (Wildman–Crippen LogP) is 5.00. The Morgan fingerprint density at radius 2 is 1.75 bits per heavy atom. The van der Waals surface area contributed by atoms with Gasteiger partial charge in [-0.3, -0.25) is 0 Å². The van der Waals surface area contributed by atoms with E-state index in [1.165, 1.54) is 0 Å². The minimum absolute atomic E-state index is 0.309. The van der Waals surface area contributed by atoms with Crippen molar-refractivity contribution in [3.63, 3.8) is 0 Å². The van der Waals surface area contributed by atoms with Gasteiger partial charge in [0.05, 0.1) is 18.2 Å². The van der Waals surface area contributed by atoms with E-state index >= 15 is 0 Å². The molecule has 6 nitrogen and oxygen atoms in total. The zero-order valence-corrected chi connectivity index (χ0v) is 18.2. The number of hydrogen-bond donors (Lipinski definition) is 2. The van der Waals surface area contributed by atoms with E-state index in [1.54, 1.807) is 6.92 Å². The molecule has 0 spiro atoms. The fourth-order valence-corrected chi connectivity index (χ4v) is 3.89. The van der Waals surface area contributed by atoms with Gasteiger partial charge in [0.15, 0.2) is 0 Å². The minimum Gasteiger partial charge on any atom is -0.489 e. The lowest BCUT2D eigenvalue weighted by atomic mass is 9.90. The van der Waals surface area contributed by atoms with Crippen LogP contribution in [0.15, 0.2) is 78.0 Å². The van der Waals surface area contributed by atoms with E-state index in [0.29, 0.717) is 36.7 Å². The number of allylic oxidation sites excluding steroid dienone is 1. The molecular weight excluding hydrogens is 404 g/mol. The molecule has 32 heavy (non-hydrogen) atoms. The number of nitrogens with one attached hydrogen (secondary N) is 2. The number of hydrogen-bond acceptors (Lipinski definition) is 4. The molecule has 4 rings (SSSR count). The second kappa shape index (κ2) is 9.56. The van der Waals surface area contributed by atoms with E-state index in [4.69, 9.17) is 9.47 Å². The van der Waals surface area contributed by atoms with E-state index in [2.05, 4.69) is 10.6 Å². The summed E-state index contributed by atoms with van der Waals surface area (Å²) in [4.78, 5) is 25.4. The average molecular weight is 431 g/mol. The maximum absolute atomic E-state index is 13.0. The van der Waals surface area contributed by atoms with Crippen LogP contribution in [0.1, 0.15) is 37.4 Å². The fraction of sp³-hybridized carbons (Fsp3) is 0.231. The van der Waals surface area contributed by atoms with Crippen molar-refractivity contribution < 1.29 is 19.1 Å². The van der Waals surface area contributed by atoms with Gasteiger partial charge >= 0.3 is 12.0 Å². The van der Waals surface area contributed by atoms with Crippen LogP contribution in [0.4, 0.5) is 4.79 Å². The highest BCUT2D eigenvalue weighted by Gasteiger charge is 2.35. The molecule has 1 atom stereocenters. The van der Waals surface area contributed by atoms with Gasteiger partial charge < -0.3 is 20.1 Å². The van der Waals surface area contributed by atoms with E-state index < -0.39 is 12.0 Å². The zero-order valence-electron chi connectivity index (χ0n) is 18.2. The number of carbonyl (C=O) groups is 2. The largest absolute Gasteiger partial charge is 0.489 e. The molecule has 0 radical (unpaired) electrons. The Morgan fingerprint density at radius 3 is 2.53 bits per heavy atom. The number of benzene rings is 3. The van der Waals surface area contributed by atoms with Crippen LogP contribution in [0.5, 0.6) is 5.75 Å². The number of urea groups is 1. The topological polar surface area (TPSA) is 76.7 Å². The number of fused-ring (bicyclic) bond motifs is 1. The second-order valence-electron chi connectivity index (χ2n) is 7.68. The Kier molecular flexibility index (Phi) is 6.40. The number of rotatable bonds is 7. The minimum atomic E-state index is -0.704. The Morgan fingerprint density at radius 1 is 1.00 bits per heavy atom. The molecule has 2 N–H and O–H groups in total. The summed E-state index contributed by atoms with van der Waals surface area (Å²) in [5, 5.41) is 7.50. The zero-order chi connectivity index (χ0) is 22.5. The molecule has 0 fully saturated rings. The first-order valence-corrected chi connectivity index (χ1v) is 10.7. The summed E-state index contributed by atoms with van der Waals surface area (Å²) in [6.07, 6.45) is 0.711. The molecule has 1 aliphatic heterocycles. The third-order valence-corrected chi connectivity index (χ3v) is 5.38. The molecule has 0 saturated heterocycles. The molecule has 1 heterocycles. The molecule has 2 amide bonds. The van der Waals surface area contributed by atoms with Crippen LogP contribution >= 0.6 is 0 Å². The van der Waals surface area contributed by atoms with E-state index in [1.807, 2.05) is 73.7 Å². The Hall–Kier alpha value is -3.80. The van der Waals surface area contributed by atoms with Crippen LogP contribution in [-0.2, 0) is 16.1 Å². The number of esters is 1. The van der Waals surface area contributed by atoms with Crippen LogP contribution < -0.4 is 15.4 Å². The lowest BCUT2D eigenvalue weighted by molar-refractivity contribution is -0.139. The SMILES string of the molecule is CCCOC(=O)C1=C(C)NC(=O)NC1c1c(OCc2ccccc2)ccc2ccccc12. The van der Waals surface area contributed by atoms with Crippen LogP contribution in [0.25, 0.3) is 10.8 Å². The van der Waals surface area contributed by atoms with Crippen molar-refractivity contribution in [2.45, 2.75) is 32.9 Å². The molecule has 164 valence electrons. The molecule has 3 aromatic carbocycles. The van der Waals surface area contributed by atoms with Crippen molar-refractivity contribution in [1.29, 1.82) is 0 Å². The van der Waals surface area contributed by atoms with Crippen molar-refractivity contribution in [3.8, 4) is 5.75 Å². The van der Waals surface area contributed by atoms with Crippen molar-refractivity contribution in [1.82, 2.24) is 10.6 Å². The molecule has 0 saturated carbocycles. The van der Waals surface area contributed by atoms with Gasteiger partial charge in [-0.1, -0.05) is 67.6 Å². The maximum Gasteiger partial charge on any atom is 0.338 e. The van der Waals surface area contributed by atoms with Gasteiger partial charge in [0.1, 0.15) is 12.4 Å². The Balaban J connectivity index is 1.81. The van der Waals surface area contributed by atoms with Gasteiger partial charge in [-0.05, 0) is 35.7 Å². The van der Waals surface area contributed by atoms with Gasteiger partial charge in [0, 0.05) is 11.3 Å². The quantitative estimate of drug-likeness (QED) is 0.517. The second-order valence-corrected chi connectivity index (χ2v) is 7.68. The summed E-state index contributed by atoms with van der Waals surface area (Å²) in [6, 6.07) is 20.5. The van der Waals surface area contributed by atoms with Crippen LogP contribution in [0, 0.1) is 0 Å². The highest BCUT2D eigenvalue weighted by Crippen LogP contribution is 2.39. The molecule has 0 aliphatic carbocycles. The lowest BCUT2D eigenvalue weighted by Gasteiger charge is -2.30. The van der Waals surface area contributed by atoms with E-state index in [-0.39, 0.29) is 6.03 Å². The smallest absolute Gasteiger partial charge is 0.338 e. The van der Waals surface area contributed by atoms with Crippen molar-refractivity contribution in [3.05, 3.63) is 89.1 Å². The molecule has 0 aromatic heterocycles. The molecule has 1 unspecified atom stereocenters. The lowest BCUT2D eigenvalue weighted by Crippen LogP contribution is -2.45. The van der Waals surface area contributed by atoms with Crippen molar-refractivity contribution in [2.75, 3.05) is 6.61 Å². The van der Waals surface area contributed by atoms with Crippen molar-refractivity contribution in [2.24, 2.45) is 0 Å². The standard InChI is InChI=1S/C26H26N2O4/c1-3-15-31-25(29)22-17(2)27-26(30)28-24(22)23-20-12-8-7-11-19(20)13-14-21(23)32-16-18-9-5-4-6-10-18/h4-14,24H,3,15-16H2,1-2H3,(H2,27,28,30). The summed E-state index contributed by atoms with van der Waals surface area (Å²) in [6.45, 7) is 4.32. The first-order valence-electron chi connectivity index (χ1n) is 10.7. The third kappa shape index (κ3) is 4.44. The maximum atomic E-state index is 13.0. The average Bonchev–Trinajstić information content (AvgIpc) is 2.81. The van der Waals surface area contributed by atoms with Crippen LogP contribution in [0.3, 0.4) is 0 Å².